The first-order valence-corrected chi connectivity index (χ1v) is 8.30. The van der Waals surface area contributed by atoms with E-state index in [2.05, 4.69) is 0 Å². The number of rotatable bonds is 6. The summed E-state index contributed by atoms with van der Waals surface area (Å²) in [5.41, 5.74) is 6.17. The monoisotopic (exact) mass is 394 g/mol. The molecule has 2 atom stereocenters. The maximum Gasteiger partial charge on any atom is 0.358 e. The smallest absolute Gasteiger partial charge is 0.358 e. The van der Waals surface area contributed by atoms with Crippen molar-refractivity contribution in [1.82, 2.24) is 4.90 Å². The number of ether oxygens (including phenoxy) is 3. The summed E-state index contributed by atoms with van der Waals surface area (Å²) in [5.74, 6) is -1.90. The summed E-state index contributed by atoms with van der Waals surface area (Å²) in [5, 5.41) is -0.362. The summed E-state index contributed by atoms with van der Waals surface area (Å²) in [6.45, 7) is 2.16. The maximum atomic E-state index is 12.3. The third-order valence-electron chi connectivity index (χ3n) is 3.43. The molecule has 2 heterocycles. The van der Waals surface area contributed by atoms with Gasteiger partial charge in [-0.1, -0.05) is 6.92 Å². The lowest BCUT2D eigenvalue weighted by Crippen LogP contribution is -2.68. The number of carbonyl (C=O) groups excluding carboxylic acids is 4. The fourth-order valence-electron chi connectivity index (χ4n) is 2.19. The lowest BCUT2D eigenvalue weighted by atomic mass is 10.0. The Morgan fingerprint density at radius 2 is 1.96 bits per heavy atom. The predicted molar refractivity (Wildman–Crippen MR) is 89.3 cm³/mol. The van der Waals surface area contributed by atoms with E-state index in [1.165, 1.54) is 23.6 Å². The molecule has 0 aromatic carbocycles. The van der Waals surface area contributed by atoms with Gasteiger partial charge in [0.25, 0.3) is 0 Å². The van der Waals surface area contributed by atoms with E-state index in [9.17, 15) is 19.2 Å². The van der Waals surface area contributed by atoms with Crippen molar-refractivity contribution in [1.29, 1.82) is 0 Å². The van der Waals surface area contributed by atoms with Crippen molar-refractivity contribution in [3.63, 3.8) is 0 Å². The molecule has 1 amide bonds. The first-order valence-electron chi connectivity index (χ1n) is 7.25. The van der Waals surface area contributed by atoms with Gasteiger partial charge in [0.2, 0.25) is 12.7 Å². The molecule has 25 heavy (non-hydrogen) atoms. The van der Waals surface area contributed by atoms with Crippen LogP contribution in [-0.4, -0.2) is 59.3 Å². The Morgan fingerprint density at radius 3 is 2.56 bits per heavy atom. The highest BCUT2D eigenvalue weighted by molar-refractivity contribution is 8.00. The van der Waals surface area contributed by atoms with E-state index in [-0.39, 0.29) is 36.5 Å². The van der Waals surface area contributed by atoms with Gasteiger partial charge in [0, 0.05) is 24.7 Å². The van der Waals surface area contributed by atoms with E-state index in [1.54, 1.807) is 6.92 Å². The minimum absolute atomic E-state index is 0. The molecule has 2 aliphatic heterocycles. The van der Waals surface area contributed by atoms with Gasteiger partial charge in [0.05, 0.1) is 0 Å². The topological polar surface area (TPSA) is 125 Å². The van der Waals surface area contributed by atoms with Gasteiger partial charge in [0.15, 0.2) is 0 Å². The van der Waals surface area contributed by atoms with Crippen molar-refractivity contribution in [2.75, 3.05) is 19.2 Å². The third-order valence-corrected chi connectivity index (χ3v) is 4.79. The van der Waals surface area contributed by atoms with Crippen LogP contribution < -0.4 is 5.73 Å². The quantitative estimate of drug-likeness (QED) is 0.374. The SMILES string of the molecule is CCC(=O)OCOC(=O)C1=C(COC(C)=O)CS[C@@H]2[C@H](N)C(=O)N12.Cl. The highest BCUT2D eigenvalue weighted by atomic mass is 35.5. The molecule has 0 bridgehead atoms. The standard InChI is InChI=1S/C14H18N2O7S.ClH/c1-3-9(18)22-6-23-14(20)11-8(4-21-7(2)17)5-24-13-10(15)12(19)16(11)13;/h10,13H,3-6,15H2,1-2H3;1H/t10-,13-;/m1./s1. The van der Waals surface area contributed by atoms with Gasteiger partial charge in [-0.3, -0.25) is 19.3 Å². The number of carbonyl (C=O) groups is 4. The number of nitrogens with two attached hydrogens (primary N) is 1. The Balaban J connectivity index is 0.00000312. The van der Waals surface area contributed by atoms with Crippen LogP contribution in [0.1, 0.15) is 20.3 Å². The minimum atomic E-state index is -0.827. The van der Waals surface area contributed by atoms with Crippen LogP contribution in [0.5, 0.6) is 0 Å². The number of hydrogen-bond donors (Lipinski definition) is 1. The first-order chi connectivity index (χ1) is 11.4. The molecule has 11 heteroatoms. The van der Waals surface area contributed by atoms with Crippen LogP contribution in [0.15, 0.2) is 11.3 Å². The van der Waals surface area contributed by atoms with Gasteiger partial charge in [-0.25, -0.2) is 4.79 Å². The molecule has 0 spiro atoms. The Bertz CT molecular complexity index is 610. The van der Waals surface area contributed by atoms with Crippen molar-refractivity contribution in [2.24, 2.45) is 5.73 Å². The molecule has 1 saturated heterocycles. The summed E-state index contributed by atoms with van der Waals surface area (Å²) < 4.78 is 14.5. The second-order valence-electron chi connectivity index (χ2n) is 5.09. The Hall–Kier alpha value is -1.78. The third kappa shape index (κ3) is 4.65. The summed E-state index contributed by atoms with van der Waals surface area (Å²) in [6.07, 6.45) is 0.149. The molecule has 0 aromatic rings. The molecule has 2 aliphatic rings. The molecule has 0 radical (unpaired) electrons. The lowest BCUT2D eigenvalue weighted by Gasteiger charge is -2.48. The number of nitrogens with zero attached hydrogens (tertiary/aromatic N) is 1. The van der Waals surface area contributed by atoms with Gasteiger partial charge in [-0.15, -0.1) is 24.2 Å². The number of esters is 3. The van der Waals surface area contributed by atoms with Crippen LogP contribution in [-0.2, 0) is 33.4 Å². The van der Waals surface area contributed by atoms with Gasteiger partial charge >= 0.3 is 17.9 Å². The highest BCUT2D eigenvalue weighted by Gasteiger charge is 2.52. The fourth-order valence-corrected chi connectivity index (χ4v) is 3.46. The summed E-state index contributed by atoms with van der Waals surface area (Å²) in [6, 6.07) is -0.689. The van der Waals surface area contributed by atoms with E-state index in [0.717, 1.165) is 0 Å². The van der Waals surface area contributed by atoms with Gasteiger partial charge < -0.3 is 19.9 Å². The molecule has 0 saturated carbocycles. The molecule has 0 unspecified atom stereocenters. The number of β-lactam (4-membered cyclic amide) rings is 1. The second-order valence-corrected chi connectivity index (χ2v) is 6.19. The van der Waals surface area contributed by atoms with Gasteiger partial charge in [-0.2, -0.15) is 0 Å². The largest absolute Gasteiger partial charge is 0.461 e. The first kappa shape index (κ1) is 21.3. The predicted octanol–water partition coefficient (Wildman–Crippen LogP) is -0.0783. The number of hydrogen-bond acceptors (Lipinski definition) is 9. The Labute approximate surface area is 154 Å². The number of amides is 1. The number of thioether (sulfide) groups is 1. The molecule has 0 aromatic heterocycles. The molecule has 2 rings (SSSR count). The van der Waals surface area contributed by atoms with Crippen LogP contribution in [0, 0.1) is 0 Å². The summed E-state index contributed by atoms with van der Waals surface area (Å²) in [4.78, 5) is 47.6. The van der Waals surface area contributed by atoms with Crippen LogP contribution in [0.25, 0.3) is 0 Å². The van der Waals surface area contributed by atoms with Crippen LogP contribution in [0.2, 0.25) is 0 Å². The van der Waals surface area contributed by atoms with Crippen molar-refractivity contribution in [2.45, 2.75) is 31.7 Å². The number of fused-ring (bicyclic) bond motifs is 1. The maximum absolute atomic E-state index is 12.3. The zero-order chi connectivity index (χ0) is 17.9. The Kier molecular flexibility index (Phi) is 7.71. The normalized spacial score (nSPS) is 21.6. The van der Waals surface area contributed by atoms with E-state index >= 15 is 0 Å². The van der Waals surface area contributed by atoms with Crippen LogP contribution in [0.3, 0.4) is 0 Å². The minimum Gasteiger partial charge on any atom is -0.461 e. The van der Waals surface area contributed by atoms with E-state index in [0.29, 0.717) is 11.3 Å². The van der Waals surface area contributed by atoms with Crippen LogP contribution >= 0.6 is 24.2 Å². The molecule has 0 aliphatic carbocycles. The molecule has 1 fully saturated rings. The van der Waals surface area contributed by atoms with E-state index < -0.39 is 36.6 Å². The average Bonchev–Trinajstić information content (AvgIpc) is 2.57. The fraction of sp³-hybridized carbons (Fsp3) is 0.571. The van der Waals surface area contributed by atoms with E-state index in [4.69, 9.17) is 19.9 Å². The van der Waals surface area contributed by atoms with Gasteiger partial charge in [0.1, 0.15) is 23.7 Å². The van der Waals surface area contributed by atoms with Crippen molar-refractivity contribution >= 4 is 48.0 Å². The molecule has 9 nitrogen and oxygen atoms in total. The molecular formula is C14H19ClN2O7S. The Morgan fingerprint density at radius 1 is 1.28 bits per heavy atom. The molecule has 140 valence electrons. The summed E-state index contributed by atoms with van der Waals surface area (Å²) in [7, 11) is 0. The van der Waals surface area contributed by atoms with E-state index in [1.807, 2.05) is 0 Å². The summed E-state index contributed by atoms with van der Waals surface area (Å²) >= 11 is 1.38. The van der Waals surface area contributed by atoms with Crippen molar-refractivity contribution in [3.8, 4) is 0 Å². The molecular weight excluding hydrogens is 376 g/mol. The average molecular weight is 395 g/mol. The van der Waals surface area contributed by atoms with Crippen molar-refractivity contribution in [3.05, 3.63) is 11.3 Å². The zero-order valence-corrected chi connectivity index (χ0v) is 15.3. The molecule has 2 N–H and O–H groups in total. The van der Waals surface area contributed by atoms with Crippen molar-refractivity contribution < 1.29 is 33.4 Å². The number of halogens is 1. The zero-order valence-electron chi connectivity index (χ0n) is 13.7. The van der Waals surface area contributed by atoms with Gasteiger partial charge in [-0.05, 0) is 0 Å². The second kappa shape index (κ2) is 9.07. The van der Waals surface area contributed by atoms with Crippen LogP contribution in [0.4, 0.5) is 0 Å². The lowest BCUT2D eigenvalue weighted by molar-refractivity contribution is -0.167. The highest BCUT2D eigenvalue weighted by Crippen LogP contribution is 2.39.